The van der Waals surface area contributed by atoms with Crippen molar-refractivity contribution >= 4 is 23.4 Å². The molecule has 0 aliphatic rings. The van der Waals surface area contributed by atoms with Crippen molar-refractivity contribution in [1.29, 1.82) is 0 Å². The molecular weight excluding hydrogens is 358 g/mol. The van der Waals surface area contributed by atoms with Crippen LogP contribution >= 0.6 is 11.8 Å². The summed E-state index contributed by atoms with van der Waals surface area (Å²) in [5.41, 5.74) is 2.50. The van der Waals surface area contributed by atoms with Gasteiger partial charge in [-0.15, -0.1) is 11.8 Å². The van der Waals surface area contributed by atoms with Crippen molar-refractivity contribution < 1.29 is 14.3 Å². The third kappa shape index (κ3) is 5.05. The highest BCUT2D eigenvalue weighted by molar-refractivity contribution is 7.98. The molecule has 3 aromatic carbocycles. The number of amides is 1. The van der Waals surface area contributed by atoms with Crippen LogP contribution in [0.15, 0.2) is 77.7 Å². The number of nitrogens with one attached hydrogen (secondary N) is 1. The van der Waals surface area contributed by atoms with Crippen molar-refractivity contribution in [2.45, 2.75) is 10.6 Å². The molecule has 5 heteroatoms. The number of carbonyl (C=O) groups excluding carboxylic acids is 1. The molecular formula is C22H21NO3S. The third-order valence-corrected chi connectivity index (χ3v) is 5.13. The fourth-order valence-electron chi connectivity index (χ4n) is 2.56. The second kappa shape index (κ2) is 9.14. The predicted octanol–water partition coefficient (Wildman–Crippen LogP) is 5.25. The summed E-state index contributed by atoms with van der Waals surface area (Å²) in [6.45, 7) is 0. The van der Waals surface area contributed by atoms with Crippen molar-refractivity contribution in [3.8, 4) is 11.5 Å². The van der Waals surface area contributed by atoms with Gasteiger partial charge >= 0.3 is 0 Å². The van der Waals surface area contributed by atoms with Crippen LogP contribution in [0.2, 0.25) is 0 Å². The standard InChI is InChI=1S/C22H21NO3S/c1-25-18-12-17(13-19(14-18)26-2)22(24)23-20-10-6-7-11-21(20)27-15-16-8-4-3-5-9-16/h3-14H,15H2,1-2H3,(H,23,24). The van der Waals surface area contributed by atoms with Crippen LogP contribution in [0.25, 0.3) is 0 Å². The van der Waals surface area contributed by atoms with Crippen molar-refractivity contribution in [1.82, 2.24) is 0 Å². The Labute approximate surface area is 163 Å². The van der Waals surface area contributed by atoms with Gasteiger partial charge in [-0.2, -0.15) is 0 Å². The summed E-state index contributed by atoms with van der Waals surface area (Å²) < 4.78 is 10.5. The maximum absolute atomic E-state index is 12.7. The summed E-state index contributed by atoms with van der Waals surface area (Å²) in [5, 5.41) is 2.99. The monoisotopic (exact) mass is 379 g/mol. The van der Waals surface area contributed by atoms with E-state index in [4.69, 9.17) is 9.47 Å². The van der Waals surface area contributed by atoms with Gasteiger partial charge in [0.05, 0.1) is 19.9 Å². The van der Waals surface area contributed by atoms with Crippen LogP contribution < -0.4 is 14.8 Å². The lowest BCUT2D eigenvalue weighted by atomic mass is 10.2. The van der Waals surface area contributed by atoms with Gasteiger partial charge in [0, 0.05) is 22.3 Å². The maximum atomic E-state index is 12.7. The molecule has 0 aliphatic heterocycles. The highest BCUT2D eigenvalue weighted by Gasteiger charge is 2.12. The Morgan fingerprint density at radius 1 is 0.889 bits per heavy atom. The Bertz CT molecular complexity index is 890. The number of methoxy groups -OCH3 is 2. The Kier molecular flexibility index (Phi) is 6.39. The first-order valence-corrected chi connectivity index (χ1v) is 9.48. The van der Waals surface area contributed by atoms with Gasteiger partial charge in [0.1, 0.15) is 11.5 Å². The summed E-state index contributed by atoms with van der Waals surface area (Å²) in [5.74, 6) is 1.78. The average Bonchev–Trinajstić information content (AvgIpc) is 2.73. The number of hydrogen-bond acceptors (Lipinski definition) is 4. The summed E-state index contributed by atoms with van der Waals surface area (Å²) in [6, 6.07) is 23.2. The molecule has 0 heterocycles. The summed E-state index contributed by atoms with van der Waals surface area (Å²) in [7, 11) is 3.12. The fraction of sp³-hybridized carbons (Fsp3) is 0.136. The highest BCUT2D eigenvalue weighted by atomic mass is 32.2. The van der Waals surface area contributed by atoms with Crippen molar-refractivity contribution in [3.05, 3.63) is 83.9 Å². The number of rotatable bonds is 7. The fourth-order valence-corrected chi connectivity index (χ4v) is 3.53. The molecule has 0 saturated heterocycles. The number of carbonyl (C=O) groups is 1. The molecule has 138 valence electrons. The second-order valence-corrected chi connectivity index (χ2v) is 6.84. The van der Waals surface area contributed by atoms with E-state index < -0.39 is 0 Å². The molecule has 1 N–H and O–H groups in total. The molecule has 0 bridgehead atoms. The number of thioether (sulfide) groups is 1. The molecule has 3 aromatic rings. The molecule has 0 aliphatic carbocycles. The average molecular weight is 379 g/mol. The zero-order valence-corrected chi connectivity index (χ0v) is 16.1. The molecule has 0 aromatic heterocycles. The molecule has 0 atom stereocenters. The Morgan fingerprint density at radius 3 is 2.19 bits per heavy atom. The van der Waals surface area contributed by atoms with Crippen LogP contribution in [-0.2, 0) is 5.75 Å². The Morgan fingerprint density at radius 2 is 1.52 bits per heavy atom. The first kappa shape index (κ1) is 18.9. The number of para-hydroxylation sites is 1. The van der Waals surface area contributed by atoms with E-state index in [1.165, 1.54) is 5.56 Å². The largest absolute Gasteiger partial charge is 0.497 e. The summed E-state index contributed by atoms with van der Waals surface area (Å²) in [6.07, 6.45) is 0. The molecule has 0 saturated carbocycles. The SMILES string of the molecule is COc1cc(OC)cc(C(=O)Nc2ccccc2SCc2ccccc2)c1. The smallest absolute Gasteiger partial charge is 0.255 e. The van der Waals surface area contributed by atoms with Crippen molar-refractivity contribution in [2.75, 3.05) is 19.5 Å². The van der Waals surface area contributed by atoms with Gasteiger partial charge < -0.3 is 14.8 Å². The van der Waals surface area contributed by atoms with Crippen molar-refractivity contribution in [3.63, 3.8) is 0 Å². The minimum atomic E-state index is -0.208. The minimum Gasteiger partial charge on any atom is -0.497 e. The van der Waals surface area contributed by atoms with E-state index >= 15 is 0 Å². The molecule has 1 amide bonds. The maximum Gasteiger partial charge on any atom is 0.255 e. The Hall–Kier alpha value is -2.92. The van der Waals surface area contributed by atoms with E-state index in [9.17, 15) is 4.79 Å². The molecule has 0 unspecified atom stereocenters. The third-order valence-electron chi connectivity index (χ3n) is 3.99. The molecule has 0 fully saturated rings. The van der Waals surface area contributed by atoms with Crippen LogP contribution in [0.4, 0.5) is 5.69 Å². The molecule has 27 heavy (non-hydrogen) atoms. The van der Waals surface area contributed by atoms with Gasteiger partial charge in [0.15, 0.2) is 0 Å². The van der Waals surface area contributed by atoms with Crippen LogP contribution in [-0.4, -0.2) is 20.1 Å². The number of benzene rings is 3. The van der Waals surface area contributed by atoms with E-state index in [-0.39, 0.29) is 5.91 Å². The molecule has 4 nitrogen and oxygen atoms in total. The van der Waals surface area contributed by atoms with Crippen LogP contribution in [0.1, 0.15) is 15.9 Å². The lowest BCUT2D eigenvalue weighted by molar-refractivity contribution is 0.102. The lowest BCUT2D eigenvalue weighted by Crippen LogP contribution is -2.13. The topological polar surface area (TPSA) is 47.6 Å². The Balaban J connectivity index is 1.76. The zero-order valence-electron chi connectivity index (χ0n) is 15.3. The van der Waals surface area contributed by atoms with Gasteiger partial charge in [-0.05, 0) is 29.8 Å². The summed E-state index contributed by atoms with van der Waals surface area (Å²) >= 11 is 1.69. The van der Waals surface area contributed by atoms with E-state index in [1.54, 1.807) is 44.2 Å². The van der Waals surface area contributed by atoms with Gasteiger partial charge in [-0.3, -0.25) is 4.79 Å². The second-order valence-electron chi connectivity index (χ2n) is 5.83. The van der Waals surface area contributed by atoms with E-state index in [0.29, 0.717) is 17.1 Å². The van der Waals surface area contributed by atoms with Crippen LogP contribution in [0.3, 0.4) is 0 Å². The number of hydrogen-bond donors (Lipinski definition) is 1. The van der Waals surface area contributed by atoms with E-state index in [2.05, 4.69) is 17.4 Å². The van der Waals surface area contributed by atoms with Gasteiger partial charge in [-0.25, -0.2) is 0 Å². The van der Waals surface area contributed by atoms with E-state index in [0.717, 1.165) is 16.3 Å². The molecule has 0 spiro atoms. The zero-order chi connectivity index (χ0) is 19.1. The molecule has 0 radical (unpaired) electrons. The van der Waals surface area contributed by atoms with Gasteiger partial charge in [0.2, 0.25) is 0 Å². The molecule has 3 rings (SSSR count). The first-order valence-electron chi connectivity index (χ1n) is 8.50. The normalized spacial score (nSPS) is 10.3. The van der Waals surface area contributed by atoms with Crippen LogP contribution in [0.5, 0.6) is 11.5 Å². The number of anilines is 1. The van der Waals surface area contributed by atoms with Crippen molar-refractivity contribution in [2.24, 2.45) is 0 Å². The van der Waals surface area contributed by atoms with Crippen LogP contribution in [0, 0.1) is 0 Å². The van der Waals surface area contributed by atoms with Gasteiger partial charge in [0.25, 0.3) is 5.91 Å². The van der Waals surface area contributed by atoms with Gasteiger partial charge in [-0.1, -0.05) is 42.5 Å². The lowest BCUT2D eigenvalue weighted by Gasteiger charge is -2.12. The number of ether oxygens (including phenoxy) is 2. The predicted molar refractivity (Wildman–Crippen MR) is 110 cm³/mol. The first-order chi connectivity index (χ1) is 13.2. The highest BCUT2D eigenvalue weighted by Crippen LogP contribution is 2.30. The summed E-state index contributed by atoms with van der Waals surface area (Å²) in [4.78, 5) is 13.8. The van der Waals surface area contributed by atoms with E-state index in [1.807, 2.05) is 42.5 Å². The quantitative estimate of drug-likeness (QED) is 0.570. The minimum absolute atomic E-state index is 0.208.